The van der Waals surface area contributed by atoms with Crippen molar-refractivity contribution in [2.75, 3.05) is 6.54 Å². The normalized spacial score (nSPS) is 16.8. The van der Waals surface area contributed by atoms with Gasteiger partial charge in [-0.3, -0.25) is 4.79 Å². The first-order chi connectivity index (χ1) is 8.72. The molecule has 0 saturated carbocycles. The van der Waals surface area contributed by atoms with Gasteiger partial charge in [0.1, 0.15) is 5.82 Å². The number of aryl methyl sites for hydroxylation is 1. The van der Waals surface area contributed by atoms with E-state index in [1.165, 1.54) is 31.0 Å². The van der Waals surface area contributed by atoms with E-state index in [0.717, 1.165) is 23.9 Å². The van der Waals surface area contributed by atoms with Crippen LogP contribution in [0.5, 0.6) is 0 Å². The molecule has 1 aromatic rings. The second-order valence-corrected chi connectivity index (χ2v) is 5.82. The molecule has 2 heterocycles. The van der Waals surface area contributed by atoms with Crippen molar-refractivity contribution >= 4 is 17.7 Å². The maximum atomic E-state index is 11.7. The fraction of sp³-hybridized carbons (Fsp3) is 0.750. The molecule has 1 aliphatic heterocycles. The monoisotopic (exact) mass is 268 g/mol. The lowest BCUT2D eigenvalue weighted by Crippen LogP contribution is -2.30. The number of carbonyl (C=O) groups is 1. The first-order valence-corrected chi connectivity index (χ1v) is 7.46. The van der Waals surface area contributed by atoms with Crippen LogP contribution in [-0.4, -0.2) is 32.5 Å². The molecule has 1 atom stereocenters. The van der Waals surface area contributed by atoms with Crippen LogP contribution in [0.1, 0.15) is 38.9 Å². The minimum Gasteiger partial charge on any atom is -0.355 e. The van der Waals surface area contributed by atoms with E-state index in [9.17, 15) is 4.79 Å². The smallest absolute Gasteiger partial charge is 0.233 e. The summed E-state index contributed by atoms with van der Waals surface area (Å²) in [5.41, 5.74) is 0. The molecule has 0 fully saturated rings. The van der Waals surface area contributed by atoms with E-state index in [0.29, 0.717) is 6.54 Å². The number of fused-ring (bicyclic) bond motifs is 1. The average molecular weight is 268 g/mol. The predicted molar refractivity (Wildman–Crippen MR) is 71.6 cm³/mol. The van der Waals surface area contributed by atoms with Crippen LogP contribution >= 0.6 is 11.8 Å². The van der Waals surface area contributed by atoms with Crippen molar-refractivity contribution in [2.24, 2.45) is 0 Å². The number of hydrogen-bond donors (Lipinski definition) is 1. The molecule has 0 unspecified atom stereocenters. The summed E-state index contributed by atoms with van der Waals surface area (Å²) in [5.74, 6) is 1.13. The van der Waals surface area contributed by atoms with Crippen LogP contribution in [0.25, 0.3) is 0 Å². The number of hydrogen-bond acceptors (Lipinski definition) is 4. The summed E-state index contributed by atoms with van der Waals surface area (Å²) in [5, 5.41) is 12.0. The Morgan fingerprint density at radius 3 is 3.06 bits per heavy atom. The van der Waals surface area contributed by atoms with Crippen molar-refractivity contribution < 1.29 is 4.79 Å². The number of aromatic nitrogens is 3. The number of rotatable bonds is 4. The van der Waals surface area contributed by atoms with Gasteiger partial charge in [-0.15, -0.1) is 10.2 Å². The van der Waals surface area contributed by atoms with Crippen LogP contribution in [0.3, 0.4) is 0 Å². The maximum absolute atomic E-state index is 11.7. The Hall–Kier alpha value is -1.04. The summed E-state index contributed by atoms with van der Waals surface area (Å²) in [6.45, 7) is 5.49. The standard InChI is InChI=1S/C12H20N4OS/c1-3-13-11(17)9(2)18-12-15-14-10-7-5-4-6-8-16(10)12/h9H,3-8H2,1-2H3,(H,13,17)/t9-/m0/s1. The van der Waals surface area contributed by atoms with Crippen molar-refractivity contribution in [1.29, 1.82) is 0 Å². The Bertz CT molecular complexity index is 418. The van der Waals surface area contributed by atoms with Crippen molar-refractivity contribution in [1.82, 2.24) is 20.1 Å². The quantitative estimate of drug-likeness (QED) is 0.843. The van der Waals surface area contributed by atoms with Gasteiger partial charge in [0.05, 0.1) is 5.25 Å². The first-order valence-electron chi connectivity index (χ1n) is 6.58. The molecule has 0 radical (unpaired) electrons. The van der Waals surface area contributed by atoms with Gasteiger partial charge in [-0.1, -0.05) is 18.2 Å². The molecular weight excluding hydrogens is 248 g/mol. The predicted octanol–water partition coefficient (Wildman–Crippen LogP) is 1.62. The Morgan fingerprint density at radius 1 is 1.44 bits per heavy atom. The van der Waals surface area contributed by atoms with Crippen LogP contribution < -0.4 is 5.32 Å². The van der Waals surface area contributed by atoms with Gasteiger partial charge in [-0.2, -0.15) is 0 Å². The zero-order valence-corrected chi connectivity index (χ0v) is 11.8. The van der Waals surface area contributed by atoms with E-state index in [2.05, 4.69) is 20.1 Å². The number of nitrogens with one attached hydrogen (secondary N) is 1. The highest BCUT2D eigenvalue weighted by Gasteiger charge is 2.20. The Balaban J connectivity index is 2.05. The molecule has 1 aliphatic rings. The minimum atomic E-state index is -0.124. The molecule has 0 saturated heterocycles. The van der Waals surface area contributed by atoms with Gasteiger partial charge in [0, 0.05) is 19.5 Å². The van der Waals surface area contributed by atoms with E-state index in [-0.39, 0.29) is 11.2 Å². The second-order valence-electron chi connectivity index (χ2n) is 4.52. The van der Waals surface area contributed by atoms with Crippen LogP contribution in [0, 0.1) is 0 Å². The third-order valence-corrected chi connectivity index (χ3v) is 4.16. The molecule has 1 aromatic heterocycles. The largest absolute Gasteiger partial charge is 0.355 e. The zero-order valence-electron chi connectivity index (χ0n) is 11.0. The molecule has 0 spiro atoms. The Labute approximate surface area is 112 Å². The molecular formula is C12H20N4OS. The third kappa shape index (κ3) is 3.04. The van der Waals surface area contributed by atoms with E-state index >= 15 is 0 Å². The lowest BCUT2D eigenvalue weighted by Gasteiger charge is -2.11. The lowest BCUT2D eigenvalue weighted by molar-refractivity contribution is -0.120. The van der Waals surface area contributed by atoms with Crippen LogP contribution in [-0.2, 0) is 17.8 Å². The zero-order chi connectivity index (χ0) is 13.0. The van der Waals surface area contributed by atoms with Crippen molar-refractivity contribution in [2.45, 2.75) is 56.5 Å². The van der Waals surface area contributed by atoms with E-state index in [1.807, 2.05) is 13.8 Å². The molecule has 2 rings (SSSR count). The van der Waals surface area contributed by atoms with Gasteiger partial charge in [-0.05, 0) is 26.7 Å². The molecule has 0 bridgehead atoms. The highest BCUT2D eigenvalue weighted by atomic mass is 32.2. The van der Waals surface area contributed by atoms with Crippen LogP contribution in [0.2, 0.25) is 0 Å². The fourth-order valence-electron chi connectivity index (χ4n) is 2.08. The summed E-state index contributed by atoms with van der Waals surface area (Å²) >= 11 is 1.50. The summed E-state index contributed by atoms with van der Waals surface area (Å²) in [4.78, 5) is 11.7. The fourth-order valence-corrected chi connectivity index (χ4v) is 2.99. The molecule has 18 heavy (non-hydrogen) atoms. The van der Waals surface area contributed by atoms with Gasteiger partial charge in [-0.25, -0.2) is 0 Å². The first kappa shape index (κ1) is 13.4. The molecule has 0 aromatic carbocycles. The SMILES string of the molecule is CCNC(=O)[C@H](C)Sc1nnc2n1CCCCC2. The molecule has 6 heteroatoms. The molecule has 5 nitrogen and oxygen atoms in total. The van der Waals surface area contributed by atoms with Crippen LogP contribution in [0.15, 0.2) is 5.16 Å². The lowest BCUT2D eigenvalue weighted by atomic mass is 10.2. The van der Waals surface area contributed by atoms with Crippen molar-refractivity contribution in [3.63, 3.8) is 0 Å². The van der Waals surface area contributed by atoms with Gasteiger partial charge in [0.25, 0.3) is 0 Å². The summed E-state index contributed by atoms with van der Waals surface area (Å²) in [6.07, 6.45) is 4.62. The number of nitrogens with zero attached hydrogens (tertiary/aromatic N) is 3. The van der Waals surface area contributed by atoms with E-state index < -0.39 is 0 Å². The third-order valence-electron chi connectivity index (χ3n) is 3.08. The van der Waals surface area contributed by atoms with Gasteiger partial charge in [0.15, 0.2) is 5.16 Å². The Morgan fingerprint density at radius 2 is 2.28 bits per heavy atom. The highest BCUT2D eigenvalue weighted by molar-refractivity contribution is 8.00. The summed E-state index contributed by atoms with van der Waals surface area (Å²) < 4.78 is 2.17. The van der Waals surface area contributed by atoms with E-state index in [4.69, 9.17) is 0 Å². The molecule has 1 amide bonds. The topological polar surface area (TPSA) is 59.8 Å². The average Bonchev–Trinajstić information content (AvgIpc) is 2.60. The van der Waals surface area contributed by atoms with Gasteiger partial charge >= 0.3 is 0 Å². The highest BCUT2D eigenvalue weighted by Crippen LogP contribution is 2.25. The number of amides is 1. The number of thioether (sulfide) groups is 1. The summed E-state index contributed by atoms with van der Waals surface area (Å²) in [6, 6.07) is 0. The maximum Gasteiger partial charge on any atom is 0.233 e. The van der Waals surface area contributed by atoms with Crippen molar-refractivity contribution in [3.8, 4) is 0 Å². The van der Waals surface area contributed by atoms with Gasteiger partial charge in [0.2, 0.25) is 5.91 Å². The van der Waals surface area contributed by atoms with Crippen molar-refractivity contribution in [3.05, 3.63) is 5.82 Å². The molecule has 1 N–H and O–H groups in total. The minimum absolute atomic E-state index is 0.0634. The molecule has 0 aliphatic carbocycles. The second kappa shape index (κ2) is 6.22. The van der Waals surface area contributed by atoms with Crippen LogP contribution in [0.4, 0.5) is 0 Å². The van der Waals surface area contributed by atoms with E-state index in [1.54, 1.807) is 0 Å². The van der Waals surface area contributed by atoms with Gasteiger partial charge < -0.3 is 9.88 Å². The number of carbonyl (C=O) groups excluding carboxylic acids is 1. The molecule has 100 valence electrons. The summed E-state index contributed by atoms with van der Waals surface area (Å²) in [7, 11) is 0. The Kier molecular flexibility index (Phi) is 4.63.